The Labute approximate surface area is 199 Å². The molecule has 0 saturated carbocycles. The van der Waals surface area contributed by atoms with Crippen LogP contribution in [0.5, 0.6) is 5.75 Å². The van der Waals surface area contributed by atoms with E-state index in [0.29, 0.717) is 24.6 Å². The molecule has 2 aromatic rings. The first-order valence-electron chi connectivity index (χ1n) is 11.3. The first-order chi connectivity index (χ1) is 15.9. The van der Waals surface area contributed by atoms with Crippen LogP contribution in [0.4, 0.5) is 9.18 Å². The molecule has 34 heavy (non-hydrogen) atoms. The average molecular weight is 493 g/mol. The van der Waals surface area contributed by atoms with Gasteiger partial charge in [-0.05, 0) is 31.2 Å². The lowest BCUT2D eigenvalue weighted by Gasteiger charge is -2.33. The van der Waals surface area contributed by atoms with Crippen molar-refractivity contribution in [1.29, 1.82) is 0 Å². The van der Waals surface area contributed by atoms with E-state index in [4.69, 9.17) is 20.3 Å². The number of carbonyl (C=O) groups excluding carboxylic acids is 1. The van der Waals surface area contributed by atoms with Gasteiger partial charge in [0.15, 0.2) is 6.17 Å². The number of hydrogen-bond donors (Lipinski definition) is 2. The number of carbonyl (C=O) groups is 2. The third-order valence-electron chi connectivity index (χ3n) is 5.77. The number of aromatic nitrogens is 2. The number of hydrogen-bond acceptors (Lipinski definition) is 5. The molecule has 0 radical (unpaired) electrons. The summed E-state index contributed by atoms with van der Waals surface area (Å²) >= 11 is 0. The predicted molar refractivity (Wildman–Crippen MR) is 129 cm³/mol. The van der Waals surface area contributed by atoms with Crippen molar-refractivity contribution >= 4 is 20.1 Å². The van der Waals surface area contributed by atoms with Gasteiger partial charge in [0.2, 0.25) is 0 Å². The van der Waals surface area contributed by atoms with E-state index in [1.54, 1.807) is 18.2 Å². The maximum Gasteiger partial charge on any atom is 0.407 e. The molecule has 1 aromatic carbocycles. The normalized spacial score (nSPS) is 18.7. The molecule has 1 aliphatic heterocycles. The smallest absolute Gasteiger partial charge is 0.407 e. The molecular formula is C23H33FN4O5Si. The Morgan fingerprint density at radius 3 is 2.68 bits per heavy atom. The van der Waals surface area contributed by atoms with Crippen molar-refractivity contribution in [2.75, 3.05) is 19.7 Å². The van der Waals surface area contributed by atoms with Crippen molar-refractivity contribution in [2.24, 2.45) is 5.73 Å². The summed E-state index contributed by atoms with van der Waals surface area (Å²) in [4.78, 5) is 28.8. The van der Waals surface area contributed by atoms with Crippen molar-refractivity contribution < 1.29 is 28.6 Å². The number of imidazole rings is 1. The van der Waals surface area contributed by atoms with Gasteiger partial charge in [0.05, 0.1) is 17.8 Å². The van der Waals surface area contributed by atoms with Gasteiger partial charge in [-0.15, -0.1) is 0 Å². The van der Waals surface area contributed by atoms with Gasteiger partial charge in [0.25, 0.3) is 5.91 Å². The first-order valence-corrected chi connectivity index (χ1v) is 15.0. The van der Waals surface area contributed by atoms with E-state index in [1.165, 1.54) is 0 Å². The van der Waals surface area contributed by atoms with Gasteiger partial charge in [-0.25, -0.2) is 14.2 Å². The van der Waals surface area contributed by atoms with Crippen LogP contribution in [-0.2, 0) is 11.5 Å². The molecule has 3 N–H and O–H groups in total. The number of ether oxygens (including phenoxy) is 2. The highest BCUT2D eigenvalue weighted by Crippen LogP contribution is 2.29. The molecule has 0 unspecified atom stereocenters. The van der Waals surface area contributed by atoms with Gasteiger partial charge < -0.3 is 29.8 Å². The van der Waals surface area contributed by atoms with E-state index in [2.05, 4.69) is 24.6 Å². The van der Waals surface area contributed by atoms with Gasteiger partial charge >= 0.3 is 6.09 Å². The number of nitrogens with zero attached hydrogens (tertiary/aromatic N) is 3. The highest BCUT2D eigenvalue weighted by atomic mass is 28.3. The average Bonchev–Trinajstić information content (AvgIpc) is 3.12. The quantitative estimate of drug-likeness (QED) is 0.406. The molecule has 2 heterocycles. The third kappa shape index (κ3) is 6.57. The van der Waals surface area contributed by atoms with E-state index in [1.807, 2.05) is 17.7 Å². The van der Waals surface area contributed by atoms with Crippen LogP contribution < -0.4 is 10.5 Å². The molecule has 1 aliphatic rings. The molecule has 1 aromatic heterocycles. The van der Waals surface area contributed by atoms with E-state index in [9.17, 15) is 14.0 Å². The Hall–Kier alpha value is -2.92. The Bertz CT molecular complexity index is 1040. The molecule has 1 fully saturated rings. The SMILES string of the molecule is Cc1nc(-c2ccc(O[C@@H]3CCN(C(=O)O)C[C@@H]3F)c(C(N)=O)c2)cn1COCC[Si](C)(C)C. The van der Waals surface area contributed by atoms with Crippen LogP contribution in [0.3, 0.4) is 0 Å². The number of halogens is 1. The standard InChI is InChI=1S/C23H33FN4O5Si/c1-15-26-19(13-28(15)14-32-9-10-34(2,3)4)16-5-6-20(17(11-16)22(25)29)33-21-7-8-27(23(30)31)12-18(21)24/h5-6,11,13,18,21H,7-10,12,14H2,1-4H3,(H2,25,29)(H,30,31)/t18-,21+/m0/s1. The number of alkyl halides is 1. The lowest BCUT2D eigenvalue weighted by molar-refractivity contribution is 0.0245. The number of nitrogens with two attached hydrogens (primary N) is 1. The monoisotopic (exact) mass is 492 g/mol. The van der Waals surface area contributed by atoms with Crippen LogP contribution in [0.1, 0.15) is 22.6 Å². The lowest BCUT2D eigenvalue weighted by Crippen LogP contribution is -2.48. The van der Waals surface area contributed by atoms with Crippen molar-refractivity contribution in [3.05, 3.63) is 35.8 Å². The van der Waals surface area contributed by atoms with Crippen molar-refractivity contribution in [2.45, 2.75) is 58.0 Å². The fourth-order valence-corrected chi connectivity index (χ4v) is 4.41. The second-order valence-corrected chi connectivity index (χ2v) is 15.4. The van der Waals surface area contributed by atoms with Gasteiger partial charge in [0, 0.05) is 39.4 Å². The van der Waals surface area contributed by atoms with Crippen LogP contribution in [-0.4, -0.2) is 71.6 Å². The maximum atomic E-state index is 14.5. The summed E-state index contributed by atoms with van der Waals surface area (Å²) in [6.45, 7) is 9.74. The Morgan fingerprint density at radius 1 is 1.32 bits per heavy atom. The van der Waals surface area contributed by atoms with Crippen LogP contribution in [0.25, 0.3) is 11.3 Å². The van der Waals surface area contributed by atoms with Crippen molar-refractivity contribution in [1.82, 2.24) is 14.5 Å². The Kier molecular flexibility index (Phi) is 7.98. The number of benzene rings is 1. The molecular weight excluding hydrogens is 459 g/mol. The fraction of sp³-hybridized carbons (Fsp3) is 0.522. The summed E-state index contributed by atoms with van der Waals surface area (Å²) in [6, 6.07) is 5.96. The number of amides is 2. The second-order valence-electron chi connectivity index (χ2n) is 9.76. The van der Waals surface area contributed by atoms with Crippen LogP contribution in [0, 0.1) is 6.92 Å². The second kappa shape index (κ2) is 10.6. The molecule has 2 amide bonds. The summed E-state index contributed by atoms with van der Waals surface area (Å²) < 4.78 is 28.0. The minimum absolute atomic E-state index is 0.115. The van der Waals surface area contributed by atoms with Gasteiger partial charge in [-0.1, -0.05) is 19.6 Å². The Balaban J connectivity index is 1.72. The van der Waals surface area contributed by atoms with Gasteiger partial charge in [0.1, 0.15) is 24.4 Å². The molecule has 0 aliphatic carbocycles. The van der Waals surface area contributed by atoms with E-state index in [0.717, 1.165) is 16.8 Å². The highest BCUT2D eigenvalue weighted by molar-refractivity contribution is 6.76. The van der Waals surface area contributed by atoms with Crippen LogP contribution in [0.2, 0.25) is 25.7 Å². The van der Waals surface area contributed by atoms with E-state index in [-0.39, 0.29) is 30.8 Å². The van der Waals surface area contributed by atoms with E-state index >= 15 is 0 Å². The zero-order valence-corrected chi connectivity index (χ0v) is 21.1. The summed E-state index contributed by atoms with van der Waals surface area (Å²) in [5.41, 5.74) is 7.01. The number of carboxylic acid groups (broad SMARTS) is 1. The van der Waals surface area contributed by atoms with Crippen molar-refractivity contribution in [3.8, 4) is 17.0 Å². The summed E-state index contributed by atoms with van der Waals surface area (Å²) in [6.07, 6.45) is -1.52. The summed E-state index contributed by atoms with van der Waals surface area (Å²) in [7, 11) is -1.17. The minimum atomic E-state index is -1.51. The van der Waals surface area contributed by atoms with Gasteiger partial charge in [-0.2, -0.15) is 0 Å². The number of rotatable bonds is 9. The Morgan fingerprint density at radius 2 is 2.06 bits per heavy atom. The third-order valence-corrected chi connectivity index (χ3v) is 7.48. The largest absolute Gasteiger partial charge is 0.486 e. The summed E-state index contributed by atoms with van der Waals surface area (Å²) in [5.74, 6) is 0.231. The van der Waals surface area contributed by atoms with Gasteiger partial charge in [-0.3, -0.25) is 4.79 Å². The molecule has 3 rings (SSSR count). The predicted octanol–water partition coefficient (Wildman–Crippen LogP) is 3.74. The van der Waals surface area contributed by atoms with Crippen LogP contribution in [0.15, 0.2) is 24.4 Å². The zero-order valence-electron chi connectivity index (χ0n) is 20.1. The maximum absolute atomic E-state index is 14.5. The topological polar surface area (TPSA) is 120 Å². The van der Waals surface area contributed by atoms with E-state index < -0.39 is 32.3 Å². The molecule has 11 heteroatoms. The number of piperidine rings is 1. The molecule has 0 spiro atoms. The van der Waals surface area contributed by atoms with Crippen LogP contribution >= 0.6 is 0 Å². The minimum Gasteiger partial charge on any atom is -0.486 e. The molecule has 186 valence electrons. The lowest BCUT2D eigenvalue weighted by atomic mass is 10.0. The number of aryl methyl sites for hydroxylation is 1. The number of likely N-dealkylation sites (tertiary alicyclic amines) is 1. The zero-order chi connectivity index (χ0) is 25.0. The molecule has 0 bridgehead atoms. The fourth-order valence-electron chi connectivity index (χ4n) is 3.66. The molecule has 1 saturated heterocycles. The number of primary amides is 1. The molecule has 2 atom stereocenters. The first kappa shape index (κ1) is 25.7. The van der Waals surface area contributed by atoms with Crippen molar-refractivity contribution in [3.63, 3.8) is 0 Å². The molecule has 9 nitrogen and oxygen atoms in total. The highest BCUT2D eigenvalue weighted by Gasteiger charge is 2.33. The summed E-state index contributed by atoms with van der Waals surface area (Å²) in [5, 5.41) is 9.04.